The van der Waals surface area contributed by atoms with Crippen LogP contribution in [0.2, 0.25) is 5.02 Å². The SMILES string of the molecule is CC1=NN(c2ccccc2)C(=O)C1C1=CSC2=Nc3nc(C)n(NC(N)=S)c(=O)c3C(c3ccc(Cl)cc3)N12. The van der Waals surface area contributed by atoms with E-state index in [2.05, 4.69) is 15.5 Å². The van der Waals surface area contributed by atoms with E-state index in [9.17, 15) is 9.59 Å². The summed E-state index contributed by atoms with van der Waals surface area (Å²) in [6.07, 6.45) is 0. The van der Waals surface area contributed by atoms with Gasteiger partial charge in [-0.1, -0.05) is 53.7 Å². The Morgan fingerprint density at radius 2 is 1.82 bits per heavy atom. The summed E-state index contributed by atoms with van der Waals surface area (Å²) in [7, 11) is 0. The molecule has 3 aliphatic rings. The third kappa shape index (κ3) is 4.20. The van der Waals surface area contributed by atoms with Gasteiger partial charge in [-0.2, -0.15) is 10.1 Å². The molecule has 196 valence electrons. The molecule has 6 rings (SSSR count). The van der Waals surface area contributed by atoms with Gasteiger partial charge in [0.1, 0.15) is 11.7 Å². The molecular formula is C26H21ClN8O2S2. The van der Waals surface area contributed by atoms with Crippen molar-refractivity contribution in [1.82, 2.24) is 14.6 Å². The number of amides is 1. The number of aryl methyl sites for hydroxylation is 1. The van der Waals surface area contributed by atoms with E-state index in [0.29, 0.717) is 44.5 Å². The van der Waals surface area contributed by atoms with Crippen LogP contribution in [0, 0.1) is 12.8 Å². The van der Waals surface area contributed by atoms with E-state index in [1.807, 2.05) is 59.7 Å². The third-order valence-electron chi connectivity index (χ3n) is 6.60. The molecule has 3 N–H and O–H groups in total. The van der Waals surface area contributed by atoms with Gasteiger partial charge in [0.2, 0.25) is 0 Å². The normalized spacial score (nSPS) is 19.8. The number of benzene rings is 2. The highest BCUT2D eigenvalue weighted by Crippen LogP contribution is 2.47. The van der Waals surface area contributed by atoms with Crippen molar-refractivity contribution in [2.24, 2.45) is 21.7 Å². The lowest BCUT2D eigenvalue weighted by molar-refractivity contribution is -0.119. The van der Waals surface area contributed by atoms with Crippen molar-refractivity contribution in [3.63, 3.8) is 0 Å². The van der Waals surface area contributed by atoms with Crippen molar-refractivity contribution in [2.75, 3.05) is 10.4 Å². The molecule has 0 spiro atoms. The van der Waals surface area contributed by atoms with Crippen molar-refractivity contribution in [3.05, 3.63) is 98.0 Å². The van der Waals surface area contributed by atoms with Crippen LogP contribution in [0.1, 0.15) is 29.9 Å². The number of hydrogen-bond acceptors (Lipinski definition) is 8. The van der Waals surface area contributed by atoms with Gasteiger partial charge < -0.3 is 10.6 Å². The zero-order valence-corrected chi connectivity index (χ0v) is 23.1. The van der Waals surface area contributed by atoms with Crippen molar-refractivity contribution in [3.8, 4) is 0 Å². The molecule has 10 nitrogen and oxygen atoms in total. The number of aromatic nitrogens is 2. The van der Waals surface area contributed by atoms with Crippen LogP contribution in [0.5, 0.6) is 0 Å². The molecule has 2 unspecified atom stereocenters. The number of nitrogens with one attached hydrogen (secondary N) is 1. The number of halogens is 1. The molecule has 0 saturated carbocycles. The van der Waals surface area contributed by atoms with Gasteiger partial charge in [0.25, 0.3) is 11.5 Å². The number of para-hydroxylation sites is 1. The van der Waals surface area contributed by atoms with E-state index >= 15 is 0 Å². The van der Waals surface area contributed by atoms with E-state index in [1.165, 1.54) is 21.4 Å². The van der Waals surface area contributed by atoms with Crippen LogP contribution in [0.25, 0.3) is 0 Å². The smallest absolute Gasteiger partial charge is 0.280 e. The minimum atomic E-state index is -0.669. The van der Waals surface area contributed by atoms with Crippen molar-refractivity contribution >= 4 is 69.0 Å². The van der Waals surface area contributed by atoms with Gasteiger partial charge in [0, 0.05) is 10.7 Å². The fourth-order valence-electron chi connectivity index (χ4n) is 4.92. The average molecular weight is 577 g/mol. The summed E-state index contributed by atoms with van der Waals surface area (Å²) < 4.78 is 1.21. The first-order chi connectivity index (χ1) is 18.7. The number of thioether (sulfide) groups is 1. The number of nitrogens with zero attached hydrogens (tertiary/aromatic N) is 6. The predicted molar refractivity (Wildman–Crippen MR) is 158 cm³/mol. The van der Waals surface area contributed by atoms with Crippen LogP contribution in [0.3, 0.4) is 0 Å². The van der Waals surface area contributed by atoms with Crippen LogP contribution in [0.15, 0.2) is 80.6 Å². The van der Waals surface area contributed by atoms with E-state index in [-0.39, 0.29) is 11.0 Å². The summed E-state index contributed by atoms with van der Waals surface area (Å²) in [4.78, 5) is 38.9. The Kier molecular flexibility index (Phi) is 6.25. The van der Waals surface area contributed by atoms with Crippen LogP contribution in [-0.4, -0.2) is 36.5 Å². The van der Waals surface area contributed by atoms with Gasteiger partial charge in [0.15, 0.2) is 16.1 Å². The maximum Gasteiger partial charge on any atom is 0.280 e. The van der Waals surface area contributed by atoms with Gasteiger partial charge in [-0.3, -0.25) is 15.0 Å². The molecule has 0 saturated heterocycles. The van der Waals surface area contributed by atoms with E-state index in [1.54, 1.807) is 19.1 Å². The average Bonchev–Trinajstić information content (AvgIpc) is 3.45. The van der Waals surface area contributed by atoms with E-state index in [4.69, 9.17) is 34.5 Å². The second-order valence-corrected chi connectivity index (χ2v) is 10.8. The number of carbonyl (C=O) groups excluding carboxylic acids is 1. The highest BCUT2D eigenvalue weighted by atomic mass is 35.5. The maximum absolute atomic E-state index is 13.9. The number of hydrazone groups is 1. The first kappa shape index (κ1) is 25.3. The first-order valence-electron chi connectivity index (χ1n) is 11.9. The molecule has 39 heavy (non-hydrogen) atoms. The Balaban J connectivity index is 1.50. The summed E-state index contributed by atoms with van der Waals surface area (Å²) in [5.41, 5.74) is 11.0. The van der Waals surface area contributed by atoms with Crippen molar-refractivity contribution in [2.45, 2.75) is 19.9 Å². The Hall–Kier alpha value is -4.00. The quantitative estimate of drug-likeness (QED) is 0.447. The summed E-state index contributed by atoms with van der Waals surface area (Å²) in [6.45, 7) is 3.49. The van der Waals surface area contributed by atoms with Crippen molar-refractivity contribution < 1.29 is 4.79 Å². The molecule has 0 aliphatic carbocycles. The topological polar surface area (TPSA) is 121 Å². The largest absolute Gasteiger partial charge is 0.375 e. The fraction of sp³-hybridized carbons (Fsp3) is 0.154. The number of carbonyl (C=O) groups is 1. The maximum atomic E-state index is 13.9. The molecule has 4 heterocycles. The summed E-state index contributed by atoms with van der Waals surface area (Å²) in [5.74, 6) is -0.220. The molecule has 0 fully saturated rings. The molecule has 1 aromatic heterocycles. The number of fused-ring (bicyclic) bond motifs is 2. The van der Waals surface area contributed by atoms with Crippen LogP contribution in [0.4, 0.5) is 11.5 Å². The molecule has 2 atom stereocenters. The Bertz CT molecular complexity index is 1680. The molecule has 0 bridgehead atoms. The highest BCUT2D eigenvalue weighted by molar-refractivity contribution is 8.16. The number of amidine groups is 1. The summed E-state index contributed by atoms with van der Waals surface area (Å²) in [5, 5.41) is 8.97. The lowest BCUT2D eigenvalue weighted by Gasteiger charge is -2.36. The second-order valence-electron chi connectivity index (χ2n) is 9.05. The molecule has 2 aromatic carbocycles. The van der Waals surface area contributed by atoms with E-state index < -0.39 is 17.5 Å². The van der Waals surface area contributed by atoms with Crippen LogP contribution < -0.4 is 21.7 Å². The van der Waals surface area contributed by atoms with Gasteiger partial charge in [-0.05, 0) is 61.3 Å². The van der Waals surface area contributed by atoms with Crippen LogP contribution >= 0.6 is 35.6 Å². The zero-order chi connectivity index (χ0) is 27.4. The first-order valence-corrected chi connectivity index (χ1v) is 13.6. The van der Waals surface area contributed by atoms with Gasteiger partial charge in [-0.25, -0.2) is 14.7 Å². The number of rotatable bonds is 4. The lowest BCUT2D eigenvalue weighted by Crippen LogP contribution is -2.45. The Labute approximate surface area is 237 Å². The third-order valence-corrected chi connectivity index (χ3v) is 7.81. The van der Waals surface area contributed by atoms with Gasteiger partial charge in [0.05, 0.1) is 23.0 Å². The van der Waals surface area contributed by atoms with E-state index in [0.717, 1.165) is 5.56 Å². The van der Waals surface area contributed by atoms with Gasteiger partial charge >= 0.3 is 0 Å². The molecule has 13 heteroatoms. The molecule has 3 aromatic rings. The monoisotopic (exact) mass is 576 g/mol. The Morgan fingerprint density at radius 1 is 1.10 bits per heavy atom. The molecular weight excluding hydrogens is 556 g/mol. The number of nitrogens with two attached hydrogens (primary N) is 1. The Morgan fingerprint density at radius 3 is 2.51 bits per heavy atom. The molecule has 0 radical (unpaired) electrons. The number of aliphatic imine (C=N–C) groups is 1. The summed E-state index contributed by atoms with van der Waals surface area (Å²) in [6, 6.07) is 15.8. The number of anilines is 1. The van der Waals surface area contributed by atoms with Crippen LogP contribution in [-0.2, 0) is 4.79 Å². The number of hydrogen-bond donors (Lipinski definition) is 2. The second kappa shape index (κ2) is 9.63. The highest BCUT2D eigenvalue weighted by Gasteiger charge is 2.47. The van der Waals surface area contributed by atoms with Gasteiger partial charge in [-0.15, -0.1) is 0 Å². The molecule has 3 aliphatic heterocycles. The van der Waals surface area contributed by atoms with Crippen molar-refractivity contribution in [1.29, 1.82) is 0 Å². The minimum absolute atomic E-state index is 0.0771. The fourth-order valence-corrected chi connectivity index (χ4v) is 6.07. The standard InChI is InChI=1S/C26H21ClN8O2S2/c1-13-19(23(36)35(31-13)17-6-4-3-5-7-17)18-12-39-26-30-22-20(24(37)34(14(2)29-22)32-25(28)38)21(33(18)26)15-8-10-16(27)11-9-15/h3-12,19,21H,1-2H3,(H3,28,32,38). The predicted octanol–water partition coefficient (Wildman–Crippen LogP) is 4.01. The summed E-state index contributed by atoms with van der Waals surface area (Å²) >= 11 is 12.6. The zero-order valence-electron chi connectivity index (χ0n) is 20.7. The minimum Gasteiger partial charge on any atom is -0.375 e. The number of thiocarbonyl (C=S) groups is 1. The molecule has 1 amide bonds. The lowest BCUT2D eigenvalue weighted by atomic mass is 9.93.